The Labute approximate surface area is 178 Å². The van der Waals surface area contributed by atoms with Gasteiger partial charge in [0.25, 0.3) is 0 Å². The predicted molar refractivity (Wildman–Crippen MR) is 112 cm³/mol. The van der Waals surface area contributed by atoms with Crippen LogP contribution in [0, 0.1) is 20.8 Å². The number of oxazole rings is 1. The molecule has 3 heterocycles. The first-order chi connectivity index (χ1) is 14.4. The molecule has 152 valence electrons. The number of aromatic nitrogens is 4. The van der Waals surface area contributed by atoms with E-state index in [0.717, 1.165) is 22.5 Å². The van der Waals surface area contributed by atoms with E-state index in [1.165, 1.54) is 6.26 Å². The number of benzene rings is 1. The van der Waals surface area contributed by atoms with E-state index in [1.807, 2.05) is 51.1 Å². The van der Waals surface area contributed by atoms with Crippen LogP contribution >= 0.6 is 11.6 Å². The van der Waals surface area contributed by atoms with Crippen LogP contribution in [0.3, 0.4) is 0 Å². The fraction of sp³-hybridized carbons (Fsp3) is 0.182. The van der Waals surface area contributed by atoms with Gasteiger partial charge < -0.3 is 9.15 Å². The Balaban J connectivity index is 1.49. The zero-order valence-electron chi connectivity index (χ0n) is 16.7. The number of pyridine rings is 1. The van der Waals surface area contributed by atoms with Crippen molar-refractivity contribution in [1.29, 1.82) is 0 Å². The summed E-state index contributed by atoms with van der Waals surface area (Å²) in [5, 5.41) is 4.58. The number of ether oxygens (including phenoxy) is 1. The molecule has 0 N–H and O–H groups in total. The van der Waals surface area contributed by atoms with Gasteiger partial charge in [-0.1, -0.05) is 29.3 Å². The molecule has 0 bridgehead atoms. The highest BCUT2D eigenvalue weighted by Crippen LogP contribution is 2.21. The molecule has 0 saturated heterocycles. The Hall–Kier alpha value is -3.45. The van der Waals surface area contributed by atoms with Crippen molar-refractivity contribution in [1.82, 2.24) is 19.7 Å². The number of aryl methyl sites for hydroxylation is 3. The fourth-order valence-corrected chi connectivity index (χ4v) is 3.15. The lowest BCUT2D eigenvalue weighted by atomic mass is 10.1. The largest absolute Gasteiger partial charge is 0.454 e. The van der Waals surface area contributed by atoms with E-state index in [1.54, 1.807) is 16.8 Å². The maximum atomic E-state index is 12.6. The smallest absolute Gasteiger partial charge is 0.358 e. The Bertz CT molecular complexity index is 1210. The van der Waals surface area contributed by atoms with E-state index >= 15 is 0 Å². The van der Waals surface area contributed by atoms with Crippen molar-refractivity contribution < 1.29 is 13.9 Å². The topological polar surface area (TPSA) is 83.0 Å². The van der Waals surface area contributed by atoms with E-state index in [9.17, 15) is 4.79 Å². The van der Waals surface area contributed by atoms with Crippen LogP contribution < -0.4 is 0 Å². The number of hydrogen-bond acceptors (Lipinski definition) is 6. The molecule has 1 aromatic carbocycles. The lowest BCUT2D eigenvalue weighted by Gasteiger charge is -2.08. The molecule has 0 fully saturated rings. The molecular formula is C22H19ClN4O3. The van der Waals surface area contributed by atoms with Crippen molar-refractivity contribution in [3.63, 3.8) is 0 Å². The molecular weight excluding hydrogens is 404 g/mol. The third-order valence-electron chi connectivity index (χ3n) is 4.45. The van der Waals surface area contributed by atoms with Gasteiger partial charge in [0, 0.05) is 11.3 Å². The van der Waals surface area contributed by atoms with Gasteiger partial charge in [0.15, 0.2) is 11.5 Å². The minimum atomic E-state index is -0.650. The van der Waals surface area contributed by atoms with Crippen LogP contribution in [0.15, 0.2) is 53.1 Å². The van der Waals surface area contributed by atoms with Gasteiger partial charge in [-0.25, -0.2) is 19.4 Å². The Kier molecular flexibility index (Phi) is 5.37. The summed E-state index contributed by atoms with van der Waals surface area (Å²) >= 11 is 6.18. The summed E-state index contributed by atoms with van der Waals surface area (Å²) in [4.78, 5) is 21.3. The SMILES string of the molecule is Cc1ccc(-c2nc(COC(=O)c3nc(-n4nc(C)cc4C)ccc3Cl)co2)cc1. The molecule has 3 aromatic heterocycles. The van der Waals surface area contributed by atoms with Gasteiger partial charge >= 0.3 is 5.97 Å². The highest BCUT2D eigenvalue weighted by atomic mass is 35.5. The molecule has 0 spiro atoms. The minimum absolute atomic E-state index is 0.0176. The second kappa shape index (κ2) is 8.12. The van der Waals surface area contributed by atoms with Gasteiger partial charge in [-0.15, -0.1) is 0 Å². The first kappa shape index (κ1) is 19.8. The van der Waals surface area contributed by atoms with Crippen molar-refractivity contribution >= 4 is 17.6 Å². The number of carbonyl (C=O) groups is 1. The van der Waals surface area contributed by atoms with Crippen LogP contribution in [-0.2, 0) is 11.3 Å². The average Bonchev–Trinajstić information content (AvgIpc) is 3.33. The fourth-order valence-electron chi connectivity index (χ4n) is 2.96. The number of rotatable bonds is 5. The molecule has 8 heteroatoms. The molecule has 4 aromatic rings. The molecule has 30 heavy (non-hydrogen) atoms. The Morgan fingerprint density at radius 1 is 1.10 bits per heavy atom. The number of carbonyl (C=O) groups excluding carboxylic acids is 1. The third-order valence-corrected chi connectivity index (χ3v) is 4.76. The van der Waals surface area contributed by atoms with Gasteiger partial charge in [0.1, 0.15) is 18.6 Å². The molecule has 0 saturated carbocycles. The van der Waals surface area contributed by atoms with Crippen molar-refractivity contribution in [2.45, 2.75) is 27.4 Å². The van der Waals surface area contributed by atoms with E-state index in [-0.39, 0.29) is 17.3 Å². The van der Waals surface area contributed by atoms with Crippen molar-refractivity contribution in [2.75, 3.05) is 0 Å². The molecule has 7 nitrogen and oxygen atoms in total. The first-order valence-electron chi connectivity index (χ1n) is 9.29. The van der Waals surface area contributed by atoms with Gasteiger partial charge in [0.2, 0.25) is 5.89 Å². The van der Waals surface area contributed by atoms with E-state index < -0.39 is 5.97 Å². The highest BCUT2D eigenvalue weighted by Gasteiger charge is 2.18. The van der Waals surface area contributed by atoms with Crippen molar-refractivity contribution in [2.24, 2.45) is 0 Å². The average molecular weight is 423 g/mol. The summed E-state index contributed by atoms with van der Waals surface area (Å²) in [5.74, 6) is 0.298. The zero-order valence-corrected chi connectivity index (χ0v) is 17.5. The maximum absolute atomic E-state index is 12.6. The van der Waals surface area contributed by atoms with Crippen molar-refractivity contribution in [3.05, 3.63) is 82.1 Å². The van der Waals surface area contributed by atoms with E-state index in [2.05, 4.69) is 15.1 Å². The van der Waals surface area contributed by atoms with Crippen LogP contribution in [-0.4, -0.2) is 25.7 Å². The van der Waals surface area contributed by atoms with Gasteiger partial charge in [0.05, 0.1) is 10.7 Å². The molecule has 0 amide bonds. The lowest BCUT2D eigenvalue weighted by molar-refractivity contribution is 0.0461. The van der Waals surface area contributed by atoms with Gasteiger partial charge in [-0.2, -0.15) is 5.10 Å². The summed E-state index contributed by atoms with van der Waals surface area (Å²) in [7, 11) is 0. The quantitative estimate of drug-likeness (QED) is 0.427. The van der Waals surface area contributed by atoms with Crippen LogP contribution in [0.2, 0.25) is 5.02 Å². The molecule has 4 rings (SSSR count). The summed E-state index contributed by atoms with van der Waals surface area (Å²) in [6.07, 6.45) is 1.46. The second-order valence-electron chi connectivity index (χ2n) is 6.92. The third kappa shape index (κ3) is 4.11. The normalized spacial score (nSPS) is 10.9. The number of esters is 1. The lowest BCUT2D eigenvalue weighted by Crippen LogP contribution is -2.11. The predicted octanol–water partition coefficient (Wildman–Crippen LogP) is 4.86. The molecule has 0 aliphatic rings. The monoisotopic (exact) mass is 422 g/mol. The zero-order chi connectivity index (χ0) is 21.3. The summed E-state index contributed by atoms with van der Waals surface area (Å²) < 4.78 is 12.5. The Morgan fingerprint density at radius 2 is 1.87 bits per heavy atom. The van der Waals surface area contributed by atoms with Crippen LogP contribution in [0.4, 0.5) is 0 Å². The highest BCUT2D eigenvalue weighted by molar-refractivity contribution is 6.33. The summed E-state index contributed by atoms with van der Waals surface area (Å²) in [6.45, 7) is 5.74. The second-order valence-corrected chi connectivity index (χ2v) is 7.33. The number of nitrogens with zero attached hydrogens (tertiary/aromatic N) is 4. The molecule has 0 aliphatic heterocycles. The molecule has 0 unspecified atom stereocenters. The number of hydrogen-bond donors (Lipinski definition) is 0. The van der Waals surface area contributed by atoms with E-state index in [4.69, 9.17) is 20.8 Å². The summed E-state index contributed by atoms with van der Waals surface area (Å²) in [6, 6.07) is 13.0. The Morgan fingerprint density at radius 3 is 2.57 bits per heavy atom. The minimum Gasteiger partial charge on any atom is -0.454 e. The maximum Gasteiger partial charge on any atom is 0.358 e. The van der Waals surface area contributed by atoms with Gasteiger partial charge in [-0.3, -0.25) is 0 Å². The van der Waals surface area contributed by atoms with Crippen LogP contribution in [0.25, 0.3) is 17.3 Å². The summed E-state index contributed by atoms with van der Waals surface area (Å²) in [5.41, 5.74) is 4.25. The number of halogens is 1. The van der Waals surface area contributed by atoms with Crippen LogP contribution in [0.1, 0.15) is 33.1 Å². The molecule has 0 aliphatic carbocycles. The standard InChI is InChI=1S/C22H19ClN4O3/c1-13-4-6-16(7-5-13)21-24-17(11-29-21)12-30-22(28)20-18(23)8-9-19(25-20)27-15(3)10-14(2)26-27/h4-11H,12H2,1-3H3. The van der Waals surface area contributed by atoms with Gasteiger partial charge in [-0.05, 0) is 51.1 Å². The van der Waals surface area contributed by atoms with E-state index in [0.29, 0.717) is 17.4 Å². The first-order valence-corrected chi connectivity index (χ1v) is 9.67. The molecule has 0 atom stereocenters. The molecule has 0 radical (unpaired) electrons. The van der Waals surface area contributed by atoms with Crippen LogP contribution in [0.5, 0.6) is 0 Å². The van der Waals surface area contributed by atoms with Crippen molar-refractivity contribution in [3.8, 4) is 17.3 Å².